The predicted molar refractivity (Wildman–Crippen MR) is 77.8 cm³/mol. The van der Waals surface area contributed by atoms with Crippen LogP contribution in [0.15, 0.2) is 22.7 Å². The normalized spacial score (nSPS) is 11.5. The Balaban J connectivity index is 2.90. The number of carbonyl (C=O) groups is 1. The topological polar surface area (TPSA) is 62.1 Å². The number of benzene rings is 1. The lowest BCUT2D eigenvalue weighted by atomic mass is 10.1. The standard InChI is InChI=1S/C14H17BrN2O2/c1-3-4-5-13(14(18)19-2)17-12-7-6-11(15)8-10(12)9-16/h6-8,13,17H,3-5H2,1-2H3. The molecule has 0 saturated heterocycles. The Bertz CT molecular complexity index is 483. The third kappa shape index (κ3) is 4.56. The van der Waals surface area contributed by atoms with E-state index >= 15 is 0 Å². The lowest BCUT2D eigenvalue weighted by Crippen LogP contribution is -2.30. The van der Waals surface area contributed by atoms with Crippen LogP contribution in [0.1, 0.15) is 31.7 Å². The van der Waals surface area contributed by atoms with Crippen molar-refractivity contribution in [1.29, 1.82) is 5.26 Å². The fourth-order valence-electron chi connectivity index (χ4n) is 1.72. The van der Waals surface area contributed by atoms with E-state index < -0.39 is 6.04 Å². The summed E-state index contributed by atoms with van der Waals surface area (Å²) in [7, 11) is 1.37. The number of esters is 1. The van der Waals surface area contributed by atoms with Gasteiger partial charge in [-0.1, -0.05) is 35.7 Å². The molecular weight excluding hydrogens is 308 g/mol. The highest BCUT2D eigenvalue weighted by atomic mass is 79.9. The first-order valence-electron chi connectivity index (χ1n) is 6.16. The number of nitriles is 1. The molecule has 1 aromatic carbocycles. The molecule has 1 unspecified atom stereocenters. The van der Waals surface area contributed by atoms with Crippen LogP contribution in [0.2, 0.25) is 0 Å². The van der Waals surface area contributed by atoms with E-state index in [2.05, 4.69) is 34.2 Å². The smallest absolute Gasteiger partial charge is 0.328 e. The molecular formula is C14H17BrN2O2. The summed E-state index contributed by atoms with van der Waals surface area (Å²) in [6.45, 7) is 2.06. The summed E-state index contributed by atoms with van der Waals surface area (Å²) in [5.74, 6) is -0.305. The molecule has 1 atom stereocenters. The average Bonchev–Trinajstić information content (AvgIpc) is 2.43. The minimum Gasteiger partial charge on any atom is -0.467 e. The second kappa shape index (κ2) is 7.80. The van der Waals surface area contributed by atoms with Gasteiger partial charge in [-0.15, -0.1) is 0 Å². The summed E-state index contributed by atoms with van der Waals surface area (Å²) in [6.07, 6.45) is 2.61. The highest BCUT2D eigenvalue weighted by molar-refractivity contribution is 9.10. The first kappa shape index (κ1) is 15.5. The molecule has 0 heterocycles. The quantitative estimate of drug-likeness (QED) is 0.814. The van der Waals surface area contributed by atoms with Crippen molar-refractivity contribution in [3.63, 3.8) is 0 Å². The Hall–Kier alpha value is -1.54. The minimum absolute atomic E-state index is 0.305. The summed E-state index contributed by atoms with van der Waals surface area (Å²) in [4.78, 5) is 11.7. The molecule has 0 aliphatic carbocycles. The Morgan fingerprint density at radius 1 is 1.58 bits per heavy atom. The number of rotatable bonds is 6. The third-order valence-corrected chi connectivity index (χ3v) is 3.26. The number of carbonyl (C=O) groups excluding carboxylic acids is 1. The van der Waals surface area contributed by atoms with Gasteiger partial charge in [0.1, 0.15) is 12.1 Å². The van der Waals surface area contributed by atoms with E-state index in [9.17, 15) is 4.79 Å². The van der Waals surface area contributed by atoms with Gasteiger partial charge in [-0.2, -0.15) is 5.26 Å². The van der Waals surface area contributed by atoms with Crippen LogP contribution in [0, 0.1) is 11.3 Å². The van der Waals surface area contributed by atoms with Crippen LogP contribution >= 0.6 is 15.9 Å². The molecule has 0 bridgehead atoms. The van der Waals surface area contributed by atoms with E-state index in [0.717, 1.165) is 17.3 Å². The van der Waals surface area contributed by atoms with E-state index in [1.165, 1.54) is 7.11 Å². The van der Waals surface area contributed by atoms with Crippen LogP contribution in [0.4, 0.5) is 5.69 Å². The van der Waals surface area contributed by atoms with Gasteiger partial charge in [-0.25, -0.2) is 4.79 Å². The number of unbranched alkanes of at least 4 members (excludes halogenated alkanes) is 1. The Morgan fingerprint density at radius 2 is 2.32 bits per heavy atom. The molecule has 0 aromatic heterocycles. The maximum Gasteiger partial charge on any atom is 0.328 e. The molecule has 0 aliphatic heterocycles. The fourth-order valence-corrected chi connectivity index (χ4v) is 2.08. The summed E-state index contributed by atoms with van der Waals surface area (Å²) in [6, 6.07) is 7.02. The maximum atomic E-state index is 11.7. The summed E-state index contributed by atoms with van der Waals surface area (Å²) in [5.41, 5.74) is 1.15. The van der Waals surface area contributed by atoms with Crippen LogP contribution < -0.4 is 5.32 Å². The number of anilines is 1. The molecule has 0 amide bonds. The van der Waals surface area contributed by atoms with Crippen molar-refractivity contribution >= 4 is 27.6 Å². The lowest BCUT2D eigenvalue weighted by Gasteiger charge is -2.18. The molecule has 5 heteroatoms. The number of methoxy groups -OCH3 is 1. The van der Waals surface area contributed by atoms with Crippen LogP contribution in [0.25, 0.3) is 0 Å². The lowest BCUT2D eigenvalue weighted by molar-refractivity contribution is -0.141. The van der Waals surface area contributed by atoms with Crippen LogP contribution in [-0.4, -0.2) is 19.1 Å². The van der Waals surface area contributed by atoms with E-state index in [1.54, 1.807) is 12.1 Å². The molecule has 0 fully saturated rings. The Labute approximate surface area is 121 Å². The number of nitrogens with zero attached hydrogens (tertiary/aromatic N) is 1. The summed E-state index contributed by atoms with van der Waals surface area (Å²) >= 11 is 3.32. The zero-order valence-corrected chi connectivity index (χ0v) is 12.7. The molecule has 4 nitrogen and oxygen atoms in total. The second-order valence-corrected chi connectivity index (χ2v) is 5.08. The van der Waals surface area contributed by atoms with E-state index in [-0.39, 0.29) is 5.97 Å². The average molecular weight is 325 g/mol. The number of hydrogen-bond acceptors (Lipinski definition) is 4. The SMILES string of the molecule is CCCCC(Nc1ccc(Br)cc1C#N)C(=O)OC. The molecule has 0 aliphatic rings. The Morgan fingerprint density at radius 3 is 2.89 bits per heavy atom. The van der Waals surface area contributed by atoms with Crippen LogP contribution in [-0.2, 0) is 9.53 Å². The van der Waals surface area contributed by atoms with E-state index in [1.807, 2.05) is 6.07 Å². The van der Waals surface area contributed by atoms with Crippen molar-refractivity contribution in [1.82, 2.24) is 0 Å². The van der Waals surface area contributed by atoms with Gasteiger partial charge in [0, 0.05) is 4.47 Å². The molecule has 19 heavy (non-hydrogen) atoms. The van der Waals surface area contributed by atoms with Crippen LogP contribution in [0.3, 0.4) is 0 Å². The predicted octanol–water partition coefficient (Wildman–Crippen LogP) is 3.46. The van der Waals surface area contributed by atoms with Gasteiger partial charge in [0.2, 0.25) is 0 Å². The van der Waals surface area contributed by atoms with Gasteiger partial charge < -0.3 is 10.1 Å². The van der Waals surface area contributed by atoms with Crippen molar-refractivity contribution in [3.05, 3.63) is 28.2 Å². The minimum atomic E-state index is -0.418. The summed E-state index contributed by atoms with van der Waals surface area (Å²) < 4.78 is 5.62. The van der Waals surface area contributed by atoms with Crippen molar-refractivity contribution in [3.8, 4) is 6.07 Å². The number of halogens is 1. The molecule has 1 N–H and O–H groups in total. The Kier molecular flexibility index (Phi) is 6.37. The zero-order chi connectivity index (χ0) is 14.3. The maximum absolute atomic E-state index is 11.7. The molecule has 1 aromatic rings. The van der Waals surface area contributed by atoms with E-state index in [4.69, 9.17) is 10.00 Å². The second-order valence-electron chi connectivity index (χ2n) is 4.16. The molecule has 0 radical (unpaired) electrons. The molecule has 1 rings (SSSR count). The van der Waals surface area contributed by atoms with Gasteiger partial charge in [0.05, 0.1) is 18.4 Å². The van der Waals surface area contributed by atoms with Crippen molar-refractivity contribution < 1.29 is 9.53 Å². The number of hydrogen-bond donors (Lipinski definition) is 1. The van der Waals surface area contributed by atoms with Gasteiger partial charge >= 0.3 is 5.97 Å². The van der Waals surface area contributed by atoms with Crippen molar-refractivity contribution in [2.24, 2.45) is 0 Å². The van der Waals surface area contributed by atoms with Crippen molar-refractivity contribution in [2.45, 2.75) is 32.2 Å². The fraction of sp³-hybridized carbons (Fsp3) is 0.429. The largest absolute Gasteiger partial charge is 0.467 e. The van der Waals surface area contributed by atoms with Crippen molar-refractivity contribution in [2.75, 3.05) is 12.4 Å². The first-order valence-corrected chi connectivity index (χ1v) is 6.95. The van der Waals surface area contributed by atoms with Gasteiger partial charge in [-0.05, 0) is 24.6 Å². The van der Waals surface area contributed by atoms with Crippen LogP contribution in [0.5, 0.6) is 0 Å². The molecule has 0 spiro atoms. The molecule has 0 saturated carbocycles. The van der Waals surface area contributed by atoms with Gasteiger partial charge in [0.15, 0.2) is 0 Å². The third-order valence-electron chi connectivity index (χ3n) is 2.76. The summed E-state index contributed by atoms with van der Waals surface area (Å²) in [5, 5.41) is 12.2. The van der Waals surface area contributed by atoms with Gasteiger partial charge in [0.25, 0.3) is 0 Å². The van der Waals surface area contributed by atoms with Gasteiger partial charge in [-0.3, -0.25) is 0 Å². The highest BCUT2D eigenvalue weighted by Gasteiger charge is 2.19. The van der Waals surface area contributed by atoms with E-state index in [0.29, 0.717) is 17.7 Å². The number of ether oxygens (including phenoxy) is 1. The first-order chi connectivity index (χ1) is 9.12. The highest BCUT2D eigenvalue weighted by Crippen LogP contribution is 2.22. The zero-order valence-electron chi connectivity index (χ0n) is 11.1. The monoisotopic (exact) mass is 324 g/mol. The number of nitrogens with one attached hydrogen (secondary N) is 1. The molecule has 102 valence electrons.